The highest BCUT2D eigenvalue weighted by molar-refractivity contribution is 5.86. The molecule has 0 radical (unpaired) electrons. The zero-order valence-electron chi connectivity index (χ0n) is 18.2. The molecule has 2 aliphatic rings. The molecule has 3 aromatic rings. The summed E-state index contributed by atoms with van der Waals surface area (Å²) in [7, 11) is 0. The lowest BCUT2D eigenvalue weighted by molar-refractivity contribution is -0.141. The number of hydrogen-bond donors (Lipinski definition) is 3. The Morgan fingerprint density at radius 3 is 2.61 bits per heavy atom. The average molecular weight is 461 g/mol. The number of furan rings is 1. The number of aromatic nitrogens is 3. The van der Waals surface area contributed by atoms with Crippen LogP contribution in [0.3, 0.4) is 0 Å². The summed E-state index contributed by atoms with van der Waals surface area (Å²) < 4.78 is 45.2. The first-order valence-electron chi connectivity index (χ1n) is 11.3. The third kappa shape index (κ3) is 4.75. The highest BCUT2D eigenvalue weighted by atomic mass is 19.4. The number of anilines is 2. The van der Waals surface area contributed by atoms with Crippen molar-refractivity contribution < 1.29 is 22.7 Å². The van der Waals surface area contributed by atoms with Crippen LogP contribution in [0.5, 0.6) is 0 Å². The highest BCUT2D eigenvalue weighted by Crippen LogP contribution is 2.38. The molecular weight excluding hydrogens is 435 g/mol. The Bertz CT molecular complexity index is 1160. The molecule has 2 fully saturated rings. The van der Waals surface area contributed by atoms with E-state index in [0.717, 1.165) is 38.1 Å². The van der Waals surface area contributed by atoms with Gasteiger partial charge in [-0.15, -0.1) is 0 Å². The Morgan fingerprint density at radius 2 is 1.91 bits per heavy atom. The fraction of sp³-hybridized carbons (Fsp3) is 0.522. The molecule has 33 heavy (non-hydrogen) atoms. The maximum Gasteiger partial charge on any atom is 0.433 e. The normalized spacial score (nSPS) is 21.0. The Kier molecular flexibility index (Phi) is 5.64. The van der Waals surface area contributed by atoms with Gasteiger partial charge in [0.05, 0.1) is 17.5 Å². The maximum atomic E-state index is 13.1. The van der Waals surface area contributed by atoms with E-state index in [2.05, 4.69) is 20.6 Å². The Labute approximate surface area is 188 Å². The van der Waals surface area contributed by atoms with E-state index < -0.39 is 11.9 Å². The van der Waals surface area contributed by atoms with Crippen molar-refractivity contribution >= 4 is 22.7 Å². The minimum absolute atomic E-state index is 0.134. The standard InChI is InChI=1S/C23H26F3N5O2/c1-12-20(17-7-15-8-19(23(24,25)26)27-10-18(15)33-17)21(30-16-5-4-14(6-16)11-32)31-22(29-12)28-9-13-2-3-13/h7-8,10,13-14,16,32H,2-6,9,11H2,1H3,(H2,28,29,30,31)/t14-,16+/m1/s1. The molecule has 0 saturated heterocycles. The van der Waals surface area contributed by atoms with Crippen molar-refractivity contribution in [3.8, 4) is 11.3 Å². The third-order valence-electron chi connectivity index (χ3n) is 6.42. The Hall–Kier alpha value is -2.88. The minimum Gasteiger partial charge on any atom is -0.454 e. The molecule has 7 nitrogen and oxygen atoms in total. The number of aliphatic hydroxyl groups is 1. The van der Waals surface area contributed by atoms with E-state index in [1.165, 1.54) is 12.8 Å². The first kappa shape index (κ1) is 21.9. The molecule has 3 N–H and O–H groups in total. The summed E-state index contributed by atoms with van der Waals surface area (Å²) in [6.45, 7) is 2.80. The van der Waals surface area contributed by atoms with Crippen LogP contribution in [0.1, 0.15) is 43.5 Å². The molecule has 3 heterocycles. The van der Waals surface area contributed by atoms with Crippen molar-refractivity contribution in [1.82, 2.24) is 15.0 Å². The summed E-state index contributed by atoms with van der Waals surface area (Å²) in [5.74, 6) is 2.37. The molecule has 176 valence electrons. The summed E-state index contributed by atoms with van der Waals surface area (Å²) in [6, 6.07) is 2.69. The largest absolute Gasteiger partial charge is 0.454 e. The van der Waals surface area contributed by atoms with Crippen molar-refractivity contribution in [2.75, 3.05) is 23.8 Å². The molecule has 2 saturated carbocycles. The lowest BCUT2D eigenvalue weighted by Gasteiger charge is -2.18. The molecule has 0 aliphatic heterocycles. The van der Waals surface area contributed by atoms with Gasteiger partial charge in [-0.3, -0.25) is 0 Å². The number of alkyl halides is 3. The van der Waals surface area contributed by atoms with Crippen LogP contribution in [0, 0.1) is 18.8 Å². The van der Waals surface area contributed by atoms with Crippen LogP contribution in [0.15, 0.2) is 22.7 Å². The number of rotatable bonds is 7. The molecule has 3 aromatic heterocycles. The van der Waals surface area contributed by atoms with Gasteiger partial charge in [0.15, 0.2) is 5.58 Å². The average Bonchev–Trinajstić information content (AvgIpc) is 3.32. The number of nitrogens with one attached hydrogen (secondary N) is 2. The molecule has 2 atom stereocenters. The van der Waals surface area contributed by atoms with Crippen LogP contribution in [-0.4, -0.2) is 39.3 Å². The number of halogens is 3. The predicted molar refractivity (Wildman–Crippen MR) is 118 cm³/mol. The maximum absolute atomic E-state index is 13.1. The van der Waals surface area contributed by atoms with Crippen LogP contribution >= 0.6 is 0 Å². The van der Waals surface area contributed by atoms with Crippen LogP contribution in [0.4, 0.5) is 24.9 Å². The summed E-state index contributed by atoms with van der Waals surface area (Å²) >= 11 is 0. The number of aliphatic hydroxyl groups excluding tert-OH is 1. The van der Waals surface area contributed by atoms with Gasteiger partial charge in [-0.25, -0.2) is 9.97 Å². The molecule has 0 spiro atoms. The smallest absolute Gasteiger partial charge is 0.433 e. The van der Waals surface area contributed by atoms with Gasteiger partial charge in [0, 0.05) is 24.6 Å². The summed E-state index contributed by atoms with van der Waals surface area (Å²) in [4.78, 5) is 12.8. The van der Waals surface area contributed by atoms with E-state index in [1.54, 1.807) is 6.07 Å². The zero-order valence-corrected chi connectivity index (χ0v) is 18.2. The topological polar surface area (TPSA) is 96.1 Å². The first-order chi connectivity index (χ1) is 15.8. The number of aryl methyl sites for hydroxylation is 1. The van der Waals surface area contributed by atoms with Gasteiger partial charge in [0.2, 0.25) is 5.95 Å². The van der Waals surface area contributed by atoms with Gasteiger partial charge in [0.25, 0.3) is 0 Å². The highest BCUT2D eigenvalue weighted by Gasteiger charge is 2.33. The molecule has 0 bridgehead atoms. The molecule has 10 heteroatoms. The SMILES string of the molecule is Cc1nc(NCC2CC2)nc(N[C@H]2CC[C@@H](CO)C2)c1-c1cc2cc(C(F)(F)F)ncc2o1. The minimum atomic E-state index is -4.53. The molecule has 5 rings (SSSR count). The van der Waals surface area contributed by atoms with Crippen molar-refractivity contribution in [2.24, 2.45) is 11.8 Å². The summed E-state index contributed by atoms with van der Waals surface area (Å²) in [5.41, 5.74) is 0.574. The second-order valence-corrected chi connectivity index (χ2v) is 9.10. The molecule has 0 unspecified atom stereocenters. The van der Waals surface area contributed by atoms with E-state index in [9.17, 15) is 18.3 Å². The van der Waals surface area contributed by atoms with E-state index in [4.69, 9.17) is 9.40 Å². The first-order valence-corrected chi connectivity index (χ1v) is 11.3. The number of nitrogens with zero attached hydrogens (tertiary/aromatic N) is 3. The Morgan fingerprint density at radius 1 is 1.12 bits per heavy atom. The molecule has 0 amide bonds. The second-order valence-electron chi connectivity index (χ2n) is 9.10. The zero-order chi connectivity index (χ0) is 23.2. The van der Waals surface area contributed by atoms with Gasteiger partial charge in [-0.1, -0.05) is 0 Å². The van der Waals surface area contributed by atoms with Gasteiger partial charge in [-0.05, 0) is 63.0 Å². The van der Waals surface area contributed by atoms with Crippen LogP contribution < -0.4 is 10.6 Å². The van der Waals surface area contributed by atoms with Gasteiger partial charge in [-0.2, -0.15) is 18.2 Å². The second kappa shape index (κ2) is 8.48. The van der Waals surface area contributed by atoms with Crippen molar-refractivity contribution in [1.29, 1.82) is 0 Å². The third-order valence-corrected chi connectivity index (χ3v) is 6.42. The monoisotopic (exact) mass is 461 g/mol. The Balaban J connectivity index is 1.51. The van der Waals surface area contributed by atoms with E-state index in [-0.39, 0.29) is 24.1 Å². The molecular formula is C23H26F3N5O2. The summed E-state index contributed by atoms with van der Waals surface area (Å²) in [5, 5.41) is 16.6. The van der Waals surface area contributed by atoms with Crippen molar-refractivity contribution in [2.45, 2.75) is 51.2 Å². The quantitative estimate of drug-likeness (QED) is 0.455. The van der Waals surface area contributed by atoms with E-state index >= 15 is 0 Å². The lowest BCUT2D eigenvalue weighted by atomic mass is 10.1. The lowest BCUT2D eigenvalue weighted by Crippen LogP contribution is -2.19. The number of fused-ring (bicyclic) bond motifs is 1. The predicted octanol–water partition coefficient (Wildman–Crippen LogP) is 5.01. The van der Waals surface area contributed by atoms with E-state index in [0.29, 0.717) is 40.1 Å². The van der Waals surface area contributed by atoms with Gasteiger partial charge in [0.1, 0.15) is 17.3 Å². The fourth-order valence-corrected chi connectivity index (χ4v) is 4.40. The van der Waals surface area contributed by atoms with Crippen molar-refractivity contribution in [3.05, 3.63) is 29.7 Å². The summed E-state index contributed by atoms with van der Waals surface area (Å²) in [6.07, 6.45) is 1.62. The van der Waals surface area contributed by atoms with Crippen LogP contribution in [-0.2, 0) is 6.18 Å². The number of hydrogen-bond acceptors (Lipinski definition) is 7. The number of pyridine rings is 1. The van der Waals surface area contributed by atoms with Crippen LogP contribution in [0.2, 0.25) is 0 Å². The van der Waals surface area contributed by atoms with Crippen molar-refractivity contribution in [3.63, 3.8) is 0 Å². The van der Waals surface area contributed by atoms with Crippen LogP contribution in [0.25, 0.3) is 22.3 Å². The van der Waals surface area contributed by atoms with Gasteiger partial charge >= 0.3 is 6.18 Å². The molecule has 0 aromatic carbocycles. The van der Waals surface area contributed by atoms with Gasteiger partial charge < -0.3 is 20.2 Å². The molecule has 2 aliphatic carbocycles. The van der Waals surface area contributed by atoms with E-state index in [1.807, 2.05) is 6.92 Å². The fourth-order valence-electron chi connectivity index (χ4n) is 4.40.